The van der Waals surface area contributed by atoms with E-state index in [0.29, 0.717) is 23.7 Å². The minimum absolute atomic E-state index is 0.131. The molecule has 4 rings (SSSR count). The van der Waals surface area contributed by atoms with Gasteiger partial charge in [0.25, 0.3) is 0 Å². The van der Waals surface area contributed by atoms with E-state index in [-0.39, 0.29) is 18.0 Å². The van der Waals surface area contributed by atoms with Crippen LogP contribution in [-0.4, -0.2) is 20.6 Å². The zero-order valence-electron chi connectivity index (χ0n) is 14.9. The zero-order chi connectivity index (χ0) is 19.5. The molecule has 0 saturated carbocycles. The number of nitrogens with zero attached hydrogens (tertiary/aromatic N) is 2. The Morgan fingerprint density at radius 3 is 2.64 bits per heavy atom. The van der Waals surface area contributed by atoms with Gasteiger partial charge in [-0.1, -0.05) is 36.4 Å². The Labute approximate surface area is 160 Å². The van der Waals surface area contributed by atoms with E-state index < -0.39 is 5.97 Å². The molecule has 6 heteroatoms. The summed E-state index contributed by atoms with van der Waals surface area (Å²) in [5, 5.41) is 9.12. The molecule has 4 aromatic rings. The number of halogens is 1. The number of ether oxygens (including phenoxy) is 1. The van der Waals surface area contributed by atoms with Gasteiger partial charge in [-0.05, 0) is 36.4 Å². The first kappa shape index (κ1) is 17.7. The molecule has 5 nitrogen and oxygen atoms in total. The highest BCUT2D eigenvalue weighted by atomic mass is 19.1. The summed E-state index contributed by atoms with van der Waals surface area (Å²) in [5.41, 5.74) is 2.37. The highest BCUT2D eigenvalue weighted by molar-refractivity contribution is 5.88. The van der Waals surface area contributed by atoms with E-state index in [1.807, 2.05) is 28.8 Å². The number of carboxylic acids is 1. The fourth-order valence-corrected chi connectivity index (χ4v) is 3.08. The summed E-state index contributed by atoms with van der Waals surface area (Å²) in [6.45, 7) is 0.452. The van der Waals surface area contributed by atoms with Gasteiger partial charge in [0.2, 0.25) is 0 Å². The first-order valence-corrected chi connectivity index (χ1v) is 8.75. The van der Waals surface area contributed by atoms with Crippen LogP contribution in [0.4, 0.5) is 4.39 Å². The van der Waals surface area contributed by atoms with Crippen molar-refractivity contribution < 1.29 is 19.0 Å². The second kappa shape index (κ2) is 7.52. The van der Waals surface area contributed by atoms with E-state index in [2.05, 4.69) is 4.98 Å². The van der Waals surface area contributed by atoms with E-state index in [9.17, 15) is 9.18 Å². The van der Waals surface area contributed by atoms with Crippen LogP contribution in [0.25, 0.3) is 11.0 Å². The normalized spacial score (nSPS) is 10.9. The van der Waals surface area contributed by atoms with Crippen molar-refractivity contribution in [1.29, 1.82) is 0 Å². The third kappa shape index (κ3) is 3.57. The molecular weight excluding hydrogens is 359 g/mol. The second-order valence-corrected chi connectivity index (χ2v) is 6.32. The first-order chi connectivity index (χ1) is 13.6. The number of aromatic nitrogens is 2. The Kier molecular flexibility index (Phi) is 4.76. The van der Waals surface area contributed by atoms with E-state index in [1.54, 1.807) is 30.3 Å². The predicted molar refractivity (Wildman–Crippen MR) is 103 cm³/mol. The number of para-hydroxylation sites is 2. The number of carbonyl (C=O) groups is 1. The number of imidazole rings is 1. The van der Waals surface area contributed by atoms with Gasteiger partial charge in [-0.2, -0.15) is 0 Å². The quantitative estimate of drug-likeness (QED) is 0.538. The molecule has 0 bridgehead atoms. The molecule has 0 amide bonds. The van der Waals surface area contributed by atoms with Crippen LogP contribution in [0.3, 0.4) is 0 Å². The van der Waals surface area contributed by atoms with Crippen molar-refractivity contribution in [1.82, 2.24) is 9.55 Å². The summed E-state index contributed by atoms with van der Waals surface area (Å²) in [6, 6.07) is 20.5. The number of fused-ring (bicyclic) bond motifs is 1. The summed E-state index contributed by atoms with van der Waals surface area (Å²) in [4.78, 5) is 15.7. The molecular formula is C22H17FN2O3. The lowest BCUT2D eigenvalue weighted by molar-refractivity contribution is 0.0696. The number of hydrogen-bond acceptors (Lipinski definition) is 3. The summed E-state index contributed by atoms with van der Waals surface area (Å²) < 4.78 is 21.9. The van der Waals surface area contributed by atoms with Gasteiger partial charge >= 0.3 is 5.97 Å². The van der Waals surface area contributed by atoms with Gasteiger partial charge in [0.1, 0.15) is 24.0 Å². The van der Waals surface area contributed by atoms with E-state index in [1.165, 1.54) is 18.2 Å². The number of carboxylic acid groups (broad SMARTS) is 1. The molecule has 0 aliphatic carbocycles. The average molecular weight is 376 g/mol. The number of rotatable bonds is 6. The number of aromatic carboxylic acids is 1. The van der Waals surface area contributed by atoms with Gasteiger partial charge in [-0.25, -0.2) is 14.2 Å². The maximum absolute atomic E-state index is 14.2. The molecule has 0 fully saturated rings. The summed E-state index contributed by atoms with van der Waals surface area (Å²) in [6.07, 6.45) is 0. The van der Waals surface area contributed by atoms with E-state index in [0.717, 1.165) is 11.0 Å². The molecule has 0 aliphatic heterocycles. The maximum atomic E-state index is 14.2. The SMILES string of the molecule is O=C(O)c1cccc(OCc2nc3ccccc3n2Cc2ccccc2F)c1. The monoisotopic (exact) mass is 376 g/mol. The minimum Gasteiger partial charge on any atom is -0.486 e. The largest absolute Gasteiger partial charge is 0.486 e. The fraction of sp³-hybridized carbons (Fsp3) is 0.0909. The van der Waals surface area contributed by atoms with Gasteiger partial charge in [0.05, 0.1) is 23.1 Å². The topological polar surface area (TPSA) is 64.3 Å². The molecule has 0 aliphatic rings. The fourth-order valence-electron chi connectivity index (χ4n) is 3.08. The van der Waals surface area contributed by atoms with Gasteiger partial charge in [-0.3, -0.25) is 0 Å². The van der Waals surface area contributed by atoms with E-state index >= 15 is 0 Å². The third-order valence-electron chi connectivity index (χ3n) is 4.47. The molecule has 1 heterocycles. The van der Waals surface area contributed by atoms with Crippen LogP contribution in [-0.2, 0) is 13.2 Å². The maximum Gasteiger partial charge on any atom is 0.335 e. The lowest BCUT2D eigenvalue weighted by atomic mass is 10.2. The molecule has 1 N–H and O–H groups in total. The highest BCUT2D eigenvalue weighted by Gasteiger charge is 2.13. The van der Waals surface area contributed by atoms with E-state index in [4.69, 9.17) is 9.84 Å². The Morgan fingerprint density at radius 2 is 1.82 bits per heavy atom. The number of benzene rings is 3. The molecule has 28 heavy (non-hydrogen) atoms. The molecule has 0 spiro atoms. The Hall–Kier alpha value is -3.67. The summed E-state index contributed by atoms with van der Waals surface area (Å²) in [7, 11) is 0. The lowest BCUT2D eigenvalue weighted by Crippen LogP contribution is -2.09. The minimum atomic E-state index is -1.02. The van der Waals surface area contributed by atoms with Crippen molar-refractivity contribution in [3.8, 4) is 5.75 Å². The molecule has 1 aromatic heterocycles. The smallest absolute Gasteiger partial charge is 0.335 e. The Bertz CT molecular complexity index is 1150. The van der Waals surface area contributed by atoms with Crippen LogP contribution in [0.2, 0.25) is 0 Å². The third-order valence-corrected chi connectivity index (χ3v) is 4.47. The van der Waals surface area contributed by atoms with Crippen molar-refractivity contribution in [2.45, 2.75) is 13.2 Å². The molecule has 0 radical (unpaired) electrons. The molecule has 0 saturated heterocycles. The van der Waals surface area contributed by atoms with Crippen molar-refractivity contribution in [3.63, 3.8) is 0 Å². The summed E-state index contributed by atoms with van der Waals surface area (Å²) in [5.74, 6) is -0.229. The Balaban J connectivity index is 1.66. The molecule has 140 valence electrons. The van der Waals surface area contributed by atoms with Crippen molar-refractivity contribution >= 4 is 17.0 Å². The zero-order valence-corrected chi connectivity index (χ0v) is 14.9. The van der Waals surface area contributed by atoms with Crippen LogP contribution in [0.15, 0.2) is 72.8 Å². The van der Waals surface area contributed by atoms with Crippen LogP contribution in [0.1, 0.15) is 21.7 Å². The average Bonchev–Trinajstić information content (AvgIpc) is 3.06. The standard InChI is InChI=1S/C22H17FN2O3/c23-18-9-2-1-6-16(18)13-25-20-11-4-3-10-19(20)24-21(25)14-28-17-8-5-7-15(12-17)22(26)27/h1-12H,13-14H2,(H,26,27). The number of hydrogen-bond donors (Lipinski definition) is 1. The lowest BCUT2D eigenvalue weighted by Gasteiger charge is -2.11. The predicted octanol–water partition coefficient (Wildman–Crippen LogP) is 4.50. The molecule has 3 aromatic carbocycles. The van der Waals surface area contributed by atoms with Gasteiger partial charge in [0.15, 0.2) is 0 Å². The van der Waals surface area contributed by atoms with Crippen LogP contribution in [0.5, 0.6) is 5.75 Å². The van der Waals surface area contributed by atoms with Crippen molar-refractivity contribution in [2.75, 3.05) is 0 Å². The van der Waals surface area contributed by atoms with Gasteiger partial charge in [0, 0.05) is 5.56 Å². The van der Waals surface area contributed by atoms with Gasteiger partial charge in [-0.15, -0.1) is 0 Å². The van der Waals surface area contributed by atoms with Gasteiger partial charge < -0.3 is 14.4 Å². The molecule has 0 unspecified atom stereocenters. The van der Waals surface area contributed by atoms with Crippen LogP contribution < -0.4 is 4.74 Å². The highest BCUT2D eigenvalue weighted by Crippen LogP contribution is 2.21. The van der Waals surface area contributed by atoms with Crippen molar-refractivity contribution in [3.05, 3.63) is 95.6 Å². The van der Waals surface area contributed by atoms with Crippen molar-refractivity contribution in [2.24, 2.45) is 0 Å². The van der Waals surface area contributed by atoms with Crippen LogP contribution >= 0.6 is 0 Å². The first-order valence-electron chi connectivity index (χ1n) is 8.75. The Morgan fingerprint density at radius 1 is 1.04 bits per heavy atom. The summed E-state index contributed by atoms with van der Waals surface area (Å²) >= 11 is 0. The van der Waals surface area contributed by atoms with Crippen LogP contribution in [0, 0.1) is 5.82 Å². The second-order valence-electron chi connectivity index (χ2n) is 6.32. The molecule has 0 atom stereocenters.